The summed E-state index contributed by atoms with van der Waals surface area (Å²) >= 11 is 0. The number of halogens is 4. The zero-order chi connectivity index (χ0) is 27.4. The van der Waals surface area contributed by atoms with Crippen molar-refractivity contribution in [3.63, 3.8) is 0 Å². The van der Waals surface area contributed by atoms with E-state index in [1.807, 2.05) is 0 Å². The smallest absolute Gasteiger partial charge is 0.383 e. The number of carbonyl (C=O) groups is 2. The van der Waals surface area contributed by atoms with Crippen molar-refractivity contribution < 1.29 is 27.2 Å². The number of benzene rings is 1. The van der Waals surface area contributed by atoms with Gasteiger partial charge in [0, 0.05) is 24.8 Å². The van der Waals surface area contributed by atoms with Crippen LogP contribution in [0.3, 0.4) is 0 Å². The number of likely N-dealkylation sites (tertiary alicyclic amines) is 1. The number of anilines is 1. The zero-order valence-corrected chi connectivity index (χ0v) is 20.2. The van der Waals surface area contributed by atoms with Gasteiger partial charge >= 0.3 is 6.18 Å². The van der Waals surface area contributed by atoms with Crippen LogP contribution in [0.5, 0.6) is 0 Å². The lowest BCUT2D eigenvalue weighted by Gasteiger charge is -2.45. The highest BCUT2D eigenvalue weighted by molar-refractivity contribution is 6.03. The Morgan fingerprint density at radius 3 is 2.61 bits per heavy atom. The summed E-state index contributed by atoms with van der Waals surface area (Å²) in [5.74, 6) is -2.20. The molecule has 200 valence electrons. The minimum Gasteiger partial charge on any atom is -0.383 e. The average Bonchev–Trinajstić information content (AvgIpc) is 3.55. The SMILES string of the molecule is C=CC(=O)N1CC[C@]2(C1)C[C@H](n1nc(-c3ccn(Cc4cccc(C(F)(F)F)c4F)n3)c(C(N)=O)c1N)C2. The van der Waals surface area contributed by atoms with Crippen LogP contribution in [0.15, 0.2) is 43.1 Å². The second-order valence-corrected chi connectivity index (χ2v) is 9.87. The van der Waals surface area contributed by atoms with E-state index in [1.54, 1.807) is 9.58 Å². The van der Waals surface area contributed by atoms with E-state index >= 15 is 0 Å². The first-order valence-corrected chi connectivity index (χ1v) is 11.9. The van der Waals surface area contributed by atoms with Gasteiger partial charge in [-0.2, -0.15) is 23.4 Å². The summed E-state index contributed by atoms with van der Waals surface area (Å²) in [5.41, 5.74) is 10.6. The third kappa shape index (κ3) is 4.31. The van der Waals surface area contributed by atoms with E-state index in [2.05, 4.69) is 16.8 Å². The fourth-order valence-electron chi connectivity index (χ4n) is 5.52. The van der Waals surface area contributed by atoms with Crippen LogP contribution in [0.25, 0.3) is 11.4 Å². The molecule has 5 rings (SSSR count). The number of nitrogen functional groups attached to an aromatic ring is 1. The topological polar surface area (TPSA) is 125 Å². The van der Waals surface area contributed by atoms with E-state index in [4.69, 9.17) is 11.5 Å². The van der Waals surface area contributed by atoms with Crippen LogP contribution in [-0.4, -0.2) is 49.4 Å². The van der Waals surface area contributed by atoms with Gasteiger partial charge < -0.3 is 16.4 Å². The van der Waals surface area contributed by atoms with Crippen LogP contribution in [0.4, 0.5) is 23.4 Å². The van der Waals surface area contributed by atoms with Gasteiger partial charge in [0.15, 0.2) is 0 Å². The number of primary amides is 1. The summed E-state index contributed by atoms with van der Waals surface area (Å²) in [6.45, 7) is 4.52. The zero-order valence-electron chi connectivity index (χ0n) is 20.2. The van der Waals surface area contributed by atoms with Gasteiger partial charge in [-0.3, -0.25) is 14.3 Å². The van der Waals surface area contributed by atoms with Crippen molar-refractivity contribution in [1.29, 1.82) is 0 Å². The summed E-state index contributed by atoms with van der Waals surface area (Å²) in [5, 5.41) is 8.82. The predicted octanol–water partition coefficient (Wildman–Crippen LogP) is 3.37. The van der Waals surface area contributed by atoms with Gasteiger partial charge in [-0.25, -0.2) is 9.07 Å². The highest BCUT2D eigenvalue weighted by Gasteiger charge is 2.51. The molecule has 0 atom stereocenters. The molecule has 2 amide bonds. The van der Waals surface area contributed by atoms with Gasteiger partial charge in [-0.05, 0) is 42.9 Å². The Hall–Kier alpha value is -4.16. The highest BCUT2D eigenvalue weighted by Crippen LogP contribution is 2.54. The number of aromatic nitrogens is 4. The number of carbonyl (C=O) groups excluding carboxylic acids is 2. The van der Waals surface area contributed by atoms with E-state index in [0.717, 1.165) is 12.5 Å². The summed E-state index contributed by atoms with van der Waals surface area (Å²) in [4.78, 5) is 26.0. The number of nitrogens with two attached hydrogens (primary N) is 2. The lowest BCUT2D eigenvalue weighted by Crippen LogP contribution is -2.42. The molecule has 2 fully saturated rings. The second-order valence-electron chi connectivity index (χ2n) is 9.87. The third-order valence-corrected chi connectivity index (χ3v) is 7.40. The maximum absolute atomic E-state index is 14.5. The van der Waals surface area contributed by atoms with Crippen LogP contribution < -0.4 is 11.5 Å². The Kier molecular flexibility index (Phi) is 6.03. The largest absolute Gasteiger partial charge is 0.419 e. The third-order valence-electron chi connectivity index (χ3n) is 7.40. The number of alkyl halides is 3. The van der Waals surface area contributed by atoms with Crippen molar-refractivity contribution in [2.75, 3.05) is 18.8 Å². The standard InChI is InChI=1S/C25H25F4N7O2/c1-2-18(37)34-9-7-24(13-34)10-15(11-24)36-22(30)19(23(31)38)21(33-36)17-6-8-35(32-17)12-14-4-3-5-16(20(14)26)25(27,28)29/h2-6,8,15H,1,7,9-13,30H2,(H2,31,38)/t15-,24-. The first kappa shape index (κ1) is 25.5. The van der Waals surface area contributed by atoms with E-state index in [1.165, 1.54) is 29.1 Å². The van der Waals surface area contributed by atoms with Crippen LogP contribution in [0.2, 0.25) is 0 Å². The highest BCUT2D eigenvalue weighted by atomic mass is 19.4. The molecule has 0 bridgehead atoms. The molecule has 38 heavy (non-hydrogen) atoms. The molecule has 1 aromatic carbocycles. The van der Waals surface area contributed by atoms with Crippen LogP contribution in [-0.2, 0) is 17.5 Å². The molecule has 1 saturated heterocycles. The van der Waals surface area contributed by atoms with E-state index in [9.17, 15) is 27.2 Å². The molecule has 1 aliphatic heterocycles. The molecule has 4 N–H and O–H groups in total. The Labute approximate surface area is 214 Å². The number of hydrogen-bond donors (Lipinski definition) is 2. The fourth-order valence-corrected chi connectivity index (χ4v) is 5.52. The van der Waals surface area contributed by atoms with E-state index in [0.29, 0.717) is 32.0 Å². The van der Waals surface area contributed by atoms with Crippen molar-refractivity contribution in [2.45, 2.75) is 38.0 Å². The molecule has 1 spiro atoms. The van der Waals surface area contributed by atoms with Gasteiger partial charge in [0.05, 0.1) is 18.2 Å². The molecule has 3 aromatic rings. The van der Waals surface area contributed by atoms with Gasteiger partial charge in [0.2, 0.25) is 5.91 Å². The Morgan fingerprint density at radius 2 is 1.95 bits per heavy atom. The number of nitrogens with zero attached hydrogens (tertiary/aromatic N) is 5. The lowest BCUT2D eigenvalue weighted by molar-refractivity contribution is -0.140. The van der Waals surface area contributed by atoms with Gasteiger partial charge in [0.25, 0.3) is 5.91 Å². The van der Waals surface area contributed by atoms with Gasteiger partial charge in [-0.15, -0.1) is 0 Å². The Balaban J connectivity index is 1.38. The minimum atomic E-state index is -4.83. The molecule has 9 nitrogen and oxygen atoms in total. The molecule has 0 radical (unpaired) electrons. The van der Waals surface area contributed by atoms with E-state index < -0.39 is 23.5 Å². The molecular formula is C25H25F4N7O2. The van der Waals surface area contributed by atoms with Gasteiger partial charge in [-0.1, -0.05) is 18.7 Å². The molecule has 0 unspecified atom stereocenters. The monoisotopic (exact) mass is 531 g/mol. The first-order valence-electron chi connectivity index (χ1n) is 11.9. The van der Waals surface area contributed by atoms with E-state index in [-0.39, 0.29) is 52.2 Å². The second kappa shape index (κ2) is 8.99. The minimum absolute atomic E-state index is 0.0173. The Bertz CT molecular complexity index is 1440. The normalized spacial score (nSPS) is 21.1. The number of hydrogen-bond acceptors (Lipinski definition) is 5. The van der Waals surface area contributed by atoms with Crippen LogP contribution in [0.1, 0.15) is 46.8 Å². The fraction of sp³-hybridized carbons (Fsp3) is 0.360. The summed E-state index contributed by atoms with van der Waals surface area (Å²) < 4.78 is 56.5. The van der Waals surface area contributed by atoms with Crippen molar-refractivity contribution >= 4 is 17.6 Å². The van der Waals surface area contributed by atoms with Crippen LogP contribution in [0, 0.1) is 11.2 Å². The maximum atomic E-state index is 14.5. The summed E-state index contributed by atoms with van der Waals surface area (Å²) in [6.07, 6.45) is 0.176. The summed E-state index contributed by atoms with van der Waals surface area (Å²) in [6, 6.07) is 4.44. The van der Waals surface area contributed by atoms with Crippen molar-refractivity contribution in [1.82, 2.24) is 24.5 Å². The first-order chi connectivity index (χ1) is 17.9. The quantitative estimate of drug-likeness (QED) is 0.373. The summed E-state index contributed by atoms with van der Waals surface area (Å²) in [7, 11) is 0. The predicted molar refractivity (Wildman–Crippen MR) is 129 cm³/mol. The number of rotatable bonds is 6. The van der Waals surface area contributed by atoms with Gasteiger partial charge in [0.1, 0.15) is 28.6 Å². The molecule has 2 aliphatic rings. The number of amides is 2. The molecular weight excluding hydrogens is 506 g/mol. The van der Waals surface area contributed by atoms with Crippen LogP contribution >= 0.6 is 0 Å². The molecule has 3 heterocycles. The Morgan fingerprint density at radius 1 is 1.21 bits per heavy atom. The maximum Gasteiger partial charge on any atom is 0.419 e. The molecule has 1 saturated carbocycles. The lowest BCUT2D eigenvalue weighted by atomic mass is 9.65. The molecule has 2 aromatic heterocycles. The average molecular weight is 532 g/mol. The van der Waals surface area contributed by atoms with Crippen molar-refractivity contribution in [2.24, 2.45) is 11.1 Å². The van der Waals surface area contributed by atoms with Crippen molar-refractivity contribution in [3.8, 4) is 11.4 Å². The van der Waals surface area contributed by atoms with Crippen molar-refractivity contribution in [3.05, 3.63) is 65.6 Å². The molecule has 13 heteroatoms. The molecule has 1 aliphatic carbocycles.